The van der Waals surface area contributed by atoms with Crippen LogP contribution in [0.5, 0.6) is 0 Å². The fourth-order valence-electron chi connectivity index (χ4n) is 2.52. The van der Waals surface area contributed by atoms with Crippen LogP contribution in [0, 0.1) is 21.8 Å². The largest absolute Gasteiger partial charge is 0.478 e. The van der Waals surface area contributed by atoms with Crippen LogP contribution in [0.25, 0.3) is 0 Å². The number of piperidine rings is 1. The number of carboxylic acid groups (broad SMARTS) is 1. The quantitative estimate of drug-likeness (QED) is 0.680. The van der Waals surface area contributed by atoms with Gasteiger partial charge in [0, 0.05) is 25.2 Å². The van der Waals surface area contributed by atoms with Crippen molar-refractivity contribution in [2.45, 2.75) is 19.8 Å². The highest BCUT2D eigenvalue weighted by atomic mass is 19.1. The molecule has 0 aromatic heterocycles. The van der Waals surface area contributed by atoms with E-state index in [2.05, 4.69) is 0 Å². The zero-order valence-electron chi connectivity index (χ0n) is 11.0. The molecular weight excluding hydrogens is 267 g/mol. The second-order valence-corrected chi connectivity index (χ2v) is 5.08. The van der Waals surface area contributed by atoms with E-state index in [1.165, 1.54) is 0 Å². The van der Waals surface area contributed by atoms with Crippen molar-refractivity contribution in [1.29, 1.82) is 0 Å². The summed E-state index contributed by atoms with van der Waals surface area (Å²) in [5, 5.41) is 19.9. The lowest BCUT2D eigenvalue weighted by Gasteiger charge is -2.32. The summed E-state index contributed by atoms with van der Waals surface area (Å²) >= 11 is 0. The van der Waals surface area contributed by atoms with Crippen LogP contribution in [-0.4, -0.2) is 29.1 Å². The molecule has 0 saturated carbocycles. The highest BCUT2D eigenvalue weighted by Crippen LogP contribution is 2.33. The molecule has 1 aromatic carbocycles. The maximum Gasteiger partial charge on any atom is 0.338 e. The molecule has 6 nitrogen and oxygen atoms in total. The van der Waals surface area contributed by atoms with E-state index in [-0.39, 0.29) is 11.4 Å². The van der Waals surface area contributed by atoms with Gasteiger partial charge < -0.3 is 10.0 Å². The Balaban J connectivity index is 2.48. The Morgan fingerprint density at radius 3 is 2.80 bits per heavy atom. The molecule has 1 fully saturated rings. The van der Waals surface area contributed by atoms with Crippen molar-refractivity contribution in [2.75, 3.05) is 18.0 Å². The molecule has 1 aromatic rings. The molecule has 1 saturated heterocycles. The van der Waals surface area contributed by atoms with Gasteiger partial charge >= 0.3 is 5.97 Å². The maximum atomic E-state index is 13.8. The summed E-state index contributed by atoms with van der Waals surface area (Å²) < 4.78 is 13.8. The molecule has 1 aliphatic rings. The summed E-state index contributed by atoms with van der Waals surface area (Å²) in [6.45, 7) is 3.24. The third-order valence-corrected chi connectivity index (χ3v) is 3.49. The maximum absolute atomic E-state index is 13.8. The molecule has 1 N–H and O–H groups in total. The molecule has 1 unspecified atom stereocenters. The number of anilines is 1. The number of carbonyl (C=O) groups is 1. The average molecular weight is 282 g/mol. The first kappa shape index (κ1) is 14.2. The molecule has 1 aliphatic heterocycles. The highest BCUT2D eigenvalue weighted by Gasteiger charge is 2.27. The van der Waals surface area contributed by atoms with Crippen LogP contribution in [0.15, 0.2) is 12.1 Å². The molecule has 1 atom stereocenters. The fourth-order valence-corrected chi connectivity index (χ4v) is 2.52. The number of benzene rings is 1. The van der Waals surface area contributed by atoms with E-state index < -0.39 is 22.3 Å². The van der Waals surface area contributed by atoms with Crippen LogP contribution >= 0.6 is 0 Å². The first-order valence-corrected chi connectivity index (χ1v) is 6.36. The smallest absolute Gasteiger partial charge is 0.338 e. The van der Waals surface area contributed by atoms with Gasteiger partial charge in [0.2, 0.25) is 0 Å². The summed E-state index contributed by atoms with van der Waals surface area (Å²) in [7, 11) is 0. The van der Waals surface area contributed by atoms with Crippen LogP contribution in [-0.2, 0) is 0 Å². The number of hydrogen-bond acceptors (Lipinski definition) is 4. The first-order valence-electron chi connectivity index (χ1n) is 6.36. The minimum atomic E-state index is -1.51. The third kappa shape index (κ3) is 2.71. The van der Waals surface area contributed by atoms with Crippen LogP contribution < -0.4 is 4.90 Å². The van der Waals surface area contributed by atoms with Gasteiger partial charge in [-0.1, -0.05) is 6.92 Å². The normalized spacial score (nSPS) is 18.9. The number of aromatic carboxylic acids is 1. The average Bonchev–Trinajstić information content (AvgIpc) is 2.37. The molecule has 1 heterocycles. The van der Waals surface area contributed by atoms with Gasteiger partial charge in [0.25, 0.3) is 5.69 Å². The minimum absolute atomic E-state index is 0.157. The van der Waals surface area contributed by atoms with Crippen LogP contribution in [0.1, 0.15) is 30.1 Å². The zero-order valence-corrected chi connectivity index (χ0v) is 11.0. The summed E-state index contributed by atoms with van der Waals surface area (Å²) in [4.78, 5) is 23.0. The number of nitro groups is 1. The predicted molar refractivity (Wildman–Crippen MR) is 70.6 cm³/mol. The van der Waals surface area contributed by atoms with Crippen molar-refractivity contribution >= 4 is 17.3 Å². The Labute approximate surface area is 115 Å². The molecule has 0 aliphatic carbocycles. The number of nitrogens with zero attached hydrogens (tertiary/aromatic N) is 2. The van der Waals surface area contributed by atoms with Crippen LogP contribution in [0.2, 0.25) is 0 Å². The lowest BCUT2D eigenvalue weighted by Crippen LogP contribution is -2.34. The van der Waals surface area contributed by atoms with E-state index >= 15 is 0 Å². The molecule has 20 heavy (non-hydrogen) atoms. The molecule has 2 rings (SSSR count). The van der Waals surface area contributed by atoms with Gasteiger partial charge in [-0.2, -0.15) is 0 Å². The highest BCUT2D eigenvalue weighted by molar-refractivity contribution is 5.90. The van der Waals surface area contributed by atoms with E-state index in [0.717, 1.165) is 25.0 Å². The minimum Gasteiger partial charge on any atom is -0.478 e. The SMILES string of the molecule is CC1CCCN(c2cc(F)c(C(=O)O)cc2[N+](=O)[O-])C1. The van der Waals surface area contributed by atoms with E-state index in [1.54, 1.807) is 4.90 Å². The topological polar surface area (TPSA) is 83.7 Å². The second kappa shape index (κ2) is 5.44. The van der Waals surface area contributed by atoms with Crippen molar-refractivity contribution in [3.63, 3.8) is 0 Å². The summed E-state index contributed by atoms with van der Waals surface area (Å²) in [6, 6.07) is 1.76. The van der Waals surface area contributed by atoms with Gasteiger partial charge in [-0.05, 0) is 18.8 Å². The second-order valence-electron chi connectivity index (χ2n) is 5.08. The number of hydrogen-bond donors (Lipinski definition) is 1. The summed E-state index contributed by atoms with van der Waals surface area (Å²) in [6.07, 6.45) is 1.90. The molecule has 108 valence electrons. The van der Waals surface area contributed by atoms with Gasteiger partial charge in [-0.3, -0.25) is 10.1 Å². The van der Waals surface area contributed by atoms with E-state index in [0.29, 0.717) is 19.0 Å². The van der Waals surface area contributed by atoms with Gasteiger partial charge in [0.1, 0.15) is 17.1 Å². The third-order valence-electron chi connectivity index (χ3n) is 3.49. The Morgan fingerprint density at radius 1 is 1.55 bits per heavy atom. The Hall–Kier alpha value is -2.18. The molecule has 0 spiro atoms. The number of halogens is 1. The lowest BCUT2D eigenvalue weighted by atomic mass is 9.99. The molecule has 0 radical (unpaired) electrons. The van der Waals surface area contributed by atoms with Crippen molar-refractivity contribution in [3.05, 3.63) is 33.6 Å². The summed E-state index contributed by atoms with van der Waals surface area (Å²) in [5.74, 6) is -2.09. The Morgan fingerprint density at radius 2 is 2.25 bits per heavy atom. The van der Waals surface area contributed by atoms with Crippen LogP contribution in [0.3, 0.4) is 0 Å². The van der Waals surface area contributed by atoms with Crippen LogP contribution in [0.4, 0.5) is 15.8 Å². The molecule has 7 heteroatoms. The number of rotatable bonds is 3. The number of carboxylic acids is 1. The summed E-state index contributed by atoms with van der Waals surface area (Å²) in [5.41, 5.74) is -0.882. The van der Waals surface area contributed by atoms with Gasteiger partial charge in [-0.25, -0.2) is 9.18 Å². The molecular formula is C13H15FN2O4. The van der Waals surface area contributed by atoms with E-state index in [4.69, 9.17) is 5.11 Å². The van der Waals surface area contributed by atoms with E-state index in [9.17, 15) is 19.3 Å². The monoisotopic (exact) mass is 282 g/mol. The first-order chi connectivity index (χ1) is 9.40. The standard InChI is InChI=1S/C13H15FN2O4/c1-8-3-2-4-15(7-8)11-6-10(14)9(13(17)18)5-12(11)16(19)20/h5-6,8H,2-4,7H2,1H3,(H,17,18). The fraction of sp³-hybridized carbons (Fsp3) is 0.462. The lowest BCUT2D eigenvalue weighted by molar-refractivity contribution is -0.384. The van der Waals surface area contributed by atoms with Gasteiger partial charge in [-0.15, -0.1) is 0 Å². The van der Waals surface area contributed by atoms with Crippen molar-refractivity contribution in [2.24, 2.45) is 5.92 Å². The van der Waals surface area contributed by atoms with Crippen molar-refractivity contribution < 1.29 is 19.2 Å². The molecule has 0 amide bonds. The number of nitro benzene ring substituents is 1. The van der Waals surface area contributed by atoms with Gasteiger partial charge in [0.05, 0.1) is 4.92 Å². The van der Waals surface area contributed by atoms with E-state index in [1.807, 2.05) is 6.92 Å². The van der Waals surface area contributed by atoms with Crippen molar-refractivity contribution in [1.82, 2.24) is 0 Å². The predicted octanol–water partition coefficient (Wildman–Crippen LogP) is 2.67. The zero-order chi connectivity index (χ0) is 14.9. The van der Waals surface area contributed by atoms with Gasteiger partial charge in [0.15, 0.2) is 0 Å². The molecule has 0 bridgehead atoms. The Kier molecular flexibility index (Phi) is 3.87. The van der Waals surface area contributed by atoms with Crippen molar-refractivity contribution in [3.8, 4) is 0 Å². The Bertz CT molecular complexity index is 562.